The second-order valence-electron chi connectivity index (χ2n) is 4.68. The van der Waals surface area contributed by atoms with Gasteiger partial charge in [0, 0.05) is 11.8 Å². The van der Waals surface area contributed by atoms with Gasteiger partial charge in [0.05, 0.1) is 16.3 Å². The van der Waals surface area contributed by atoms with Crippen LogP contribution in [0.1, 0.15) is 0 Å². The van der Waals surface area contributed by atoms with E-state index in [-0.39, 0.29) is 4.90 Å². The van der Waals surface area contributed by atoms with Crippen LogP contribution in [0.5, 0.6) is 0 Å². The van der Waals surface area contributed by atoms with Crippen molar-refractivity contribution in [1.29, 1.82) is 0 Å². The molecule has 5 heteroatoms. The van der Waals surface area contributed by atoms with Gasteiger partial charge in [0.1, 0.15) is 0 Å². The molecule has 0 aliphatic rings. The molecule has 0 atom stereocenters. The fraction of sp³-hybridized carbons (Fsp3) is 0. The summed E-state index contributed by atoms with van der Waals surface area (Å²) >= 11 is 0. The minimum atomic E-state index is -3.63. The highest BCUT2D eigenvalue weighted by atomic mass is 32.2. The first-order valence-electron chi connectivity index (χ1n) is 6.75. The van der Waals surface area contributed by atoms with Crippen LogP contribution in [0.4, 0.5) is 5.69 Å². The molecular formula is C17H14N2O2S. The average molecular weight is 310 g/mol. The number of aromatic nitrogens is 1. The third kappa shape index (κ3) is 2.99. The Morgan fingerprint density at radius 2 is 1.41 bits per heavy atom. The zero-order valence-corrected chi connectivity index (χ0v) is 12.5. The molecule has 0 spiro atoms. The summed E-state index contributed by atoms with van der Waals surface area (Å²) in [5.41, 5.74) is 1.91. The Labute approximate surface area is 129 Å². The zero-order chi connectivity index (χ0) is 15.4. The van der Waals surface area contributed by atoms with Crippen LogP contribution < -0.4 is 4.72 Å². The van der Waals surface area contributed by atoms with Crippen LogP contribution in [-0.4, -0.2) is 13.4 Å². The van der Waals surface area contributed by atoms with E-state index in [0.29, 0.717) is 11.4 Å². The van der Waals surface area contributed by atoms with Crippen LogP contribution in [0.25, 0.3) is 11.3 Å². The molecule has 0 unspecified atom stereocenters. The van der Waals surface area contributed by atoms with E-state index < -0.39 is 10.0 Å². The quantitative estimate of drug-likeness (QED) is 0.801. The largest absolute Gasteiger partial charge is 0.277 e. The van der Waals surface area contributed by atoms with Gasteiger partial charge in [-0.25, -0.2) is 8.42 Å². The third-order valence-electron chi connectivity index (χ3n) is 3.15. The standard InChI is InChI=1S/C17H14N2O2S/c20-22(21,15-10-5-2-6-11-15)19-16-12-7-13-18-17(16)14-8-3-1-4-9-14/h1-13,19H. The monoisotopic (exact) mass is 310 g/mol. The fourth-order valence-electron chi connectivity index (χ4n) is 2.12. The Balaban J connectivity index is 2.01. The summed E-state index contributed by atoms with van der Waals surface area (Å²) in [4.78, 5) is 4.52. The van der Waals surface area contributed by atoms with Gasteiger partial charge in [-0.1, -0.05) is 48.5 Å². The van der Waals surface area contributed by atoms with Gasteiger partial charge in [-0.3, -0.25) is 9.71 Å². The molecule has 110 valence electrons. The molecular weight excluding hydrogens is 296 g/mol. The summed E-state index contributed by atoms with van der Waals surface area (Å²) in [6.07, 6.45) is 1.64. The van der Waals surface area contributed by atoms with Crippen molar-refractivity contribution < 1.29 is 8.42 Å². The maximum absolute atomic E-state index is 12.4. The van der Waals surface area contributed by atoms with Crippen LogP contribution in [0, 0.1) is 0 Å². The van der Waals surface area contributed by atoms with E-state index in [1.165, 1.54) is 0 Å². The molecule has 2 aromatic carbocycles. The summed E-state index contributed by atoms with van der Waals surface area (Å²) in [5, 5.41) is 0. The molecule has 0 amide bonds. The third-order valence-corrected chi connectivity index (χ3v) is 4.53. The molecule has 0 aliphatic carbocycles. The van der Waals surface area contributed by atoms with E-state index in [0.717, 1.165) is 5.56 Å². The highest BCUT2D eigenvalue weighted by Crippen LogP contribution is 2.27. The molecule has 0 saturated carbocycles. The molecule has 0 bridgehead atoms. The van der Waals surface area contributed by atoms with E-state index >= 15 is 0 Å². The van der Waals surface area contributed by atoms with Crippen LogP contribution in [0.2, 0.25) is 0 Å². The maximum atomic E-state index is 12.4. The van der Waals surface area contributed by atoms with Crippen molar-refractivity contribution in [3.8, 4) is 11.3 Å². The Hall–Kier alpha value is -2.66. The Morgan fingerprint density at radius 3 is 2.09 bits per heavy atom. The van der Waals surface area contributed by atoms with E-state index in [9.17, 15) is 8.42 Å². The predicted octanol–water partition coefficient (Wildman–Crippen LogP) is 3.55. The van der Waals surface area contributed by atoms with Crippen LogP contribution in [-0.2, 0) is 10.0 Å². The number of pyridine rings is 1. The molecule has 0 fully saturated rings. The first-order chi connectivity index (χ1) is 10.7. The SMILES string of the molecule is O=S(=O)(Nc1cccnc1-c1ccccc1)c1ccccc1. The molecule has 0 radical (unpaired) electrons. The van der Waals surface area contributed by atoms with E-state index in [1.54, 1.807) is 48.7 Å². The number of rotatable bonds is 4. The predicted molar refractivity (Wildman–Crippen MR) is 86.9 cm³/mol. The van der Waals surface area contributed by atoms with Gasteiger partial charge < -0.3 is 0 Å². The molecule has 3 aromatic rings. The summed E-state index contributed by atoms with van der Waals surface area (Å²) in [6, 6.07) is 21.1. The van der Waals surface area contributed by atoms with Gasteiger partial charge in [0.15, 0.2) is 0 Å². The van der Waals surface area contributed by atoms with Gasteiger partial charge >= 0.3 is 0 Å². The molecule has 0 saturated heterocycles. The van der Waals surface area contributed by atoms with E-state index in [1.807, 2.05) is 30.3 Å². The van der Waals surface area contributed by atoms with Crippen molar-refractivity contribution in [2.45, 2.75) is 4.90 Å². The molecule has 3 rings (SSSR count). The molecule has 0 aliphatic heterocycles. The van der Waals surface area contributed by atoms with Crippen LogP contribution in [0.15, 0.2) is 83.9 Å². The minimum Gasteiger partial charge on any atom is -0.277 e. The normalized spacial score (nSPS) is 11.1. The second kappa shape index (κ2) is 5.99. The minimum absolute atomic E-state index is 0.220. The van der Waals surface area contributed by atoms with E-state index in [4.69, 9.17) is 0 Å². The van der Waals surface area contributed by atoms with Gasteiger partial charge in [0.2, 0.25) is 0 Å². The lowest BCUT2D eigenvalue weighted by Gasteiger charge is -2.11. The van der Waals surface area contributed by atoms with Gasteiger partial charge in [-0.15, -0.1) is 0 Å². The van der Waals surface area contributed by atoms with Gasteiger partial charge in [0.25, 0.3) is 10.0 Å². The van der Waals surface area contributed by atoms with E-state index in [2.05, 4.69) is 9.71 Å². The summed E-state index contributed by atoms with van der Waals surface area (Å²) in [6.45, 7) is 0. The number of anilines is 1. The van der Waals surface area contributed by atoms with Gasteiger partial charge in [-0.05, 0) is 24.3 Å². The lowest BCUT2D eigenvalue weighted by atomic mass is 10.1. The smallest absolute Gasteiger partial charge is 0.261 e. The van der Waals surface area contributed by atoms with Crippen molar-refractivity contribution in [3.63, 3.8) is 0 Å². The Kier molecular flexibility index (Phi) is 3.89. The molecule has 1 N–H and O–H groups in total. The first kappa shape index (κ1) is 14.3. The summed E-state index contributed by atoms with van der Waals surface area (Å²) < 4.78 is 27.5. The first-order valence-corrected chi connectivity index (χ1v) is 8.23. The molecule has 1 aromatic heterocycles. The number of nitrogens with one attached hydrogen (secondary N) is 1. The fourth-order valence-corrected chi connectivity index (χ4v) is 3.20. The van der Waals surface area contributed by atoms with Crippen molar-refractivity contribution >= 4 is 15.7 Å². The van der Waals surface area contributed by atoms with Gasteiger partial charge in [-0.2, -0.15) is 0 Å². The number of hydrogen-bond donors (Lipinski definition) is 1. The summed E-state index contributed by atoms with van der Waals surface area (Å²) in [7, 11) is -3.63. The van der Waals surface area contributed by atoms with Crippen molar-refractivity contribution in [3.05, 3.63) is 79.0 Å². The highest BCUT2D eigenvalue weighted by molar-refractivity contribution is 7.92. The number of hydrogen-bond acceptors (Lipinski definition) is 3. The number of nitrogens with zero attached hydrogens (tertiary/aromatic N) is 1. The average Bonchev–Trinajstić information content (AvgIpc) is 2.57. The Morgan fingerprint density at radius 1 is 0.773 bits per heavy atom. The number of benzene rings is 2. The molecule has 4 nitrogen and oxygen atoms in total. The van der Waals surface area contributed by atoms with Crippen molar-refractivity contribution in [2.24, 2.45) is 0 Å². The second-order valence-corrected chi connectivity index (χ2v) is 6.37. The van der Waals surface area contributed by atoms with Crippen LogP contribution >= 0.6 is 0 Å². The zero-order valence-electron chi connectivity index (χ0n) is 11.7. The molecule has 1 heterocycles. The summed E-state index contributed by atoms with van der Waals surface area (Å²) in [5.74, 6) is 0. The Bertz CT molecular complexity index is 863. The topological polar surface area (TPSA) is 59.1 Å². The maximum Gasteiger partial charge on any atom is 0.261 e. The highest BCUT2D eigenvalue weighted by Gasteiger charge is 2.16. The van der Waals surface area contributed by atoms with Crippen molar-refractivity contribution in [1.82, 2.24) is 4.98 Å². The van der Waals surface area contributed by atoms with Crippen molar-refractivity contribution in [2.75, 3.05) is 4.72 Å². The molecule has 22 heavy (non-hydrogen) atoms. The number of sulfonamides is 1. The lowest BCUT2D eigenvalue weighted by molar-refractivity contribution is 0.601. The lowest BCUT2D eigenvalue weighted by Crippen LogP contribution is -2.13. The van der Waals surface area contributed by atoms with Crippen LogP contribution in [0.3, 0.4) is 0 Å².